The molecule has 31 heavy (non-hydrogen) atoms. The Bertz CT molecular complexity index is 914. The van der Waals surface area contributed by atoms with Crippen LogP contribution in [0.3, 0.4) is 0 Å². The van der Waals surface area contributed by atoms with Crippen LogP contribution in [0.2, 0.25) is 0 Å². The maximum atomic E-state index is 13.5. The fourth-order valence-corrected chi connectivity index (χ4v) is 5.60. The maximum Gasteiger partial charge on any atom is 0.255 e. The van der Waals surface area contributed by atoms with Crippen molar-refractivity contribution in [2.45, 2.75) is 77.1 Å². The van der Waals surface area contributed by atoms with E-state index in [1.165, 1.54) is 44.1 Å². The molecule has 0 amide bonds. The first-order valence-corrected chi connectivity index (χ1v) is 11.9. The van der Waals surface area contributed by atoms with E-state index in [1.807, 2.05) is 36.7 Å². The van der Waals surface area contributed by atoms with Crippen LogP contribution in [0, 0.1) is 16.7 Å². The predicted molar refractivity (Wildman–Crippen MR) is 117 cm³/mol. The number of alkyl halides is 2. The van der Waals surface area contributed by atoms with Crippen LogP contribution in [0.15, 0.2) is 36.7 Å². The minimum absolute atomic E-state index is 0.0957. The van der Waals surface area contributed by atoms with Crippen LogP contribution >= 0.6 is 0 Å². The molecule has 1 aromatic heterocycles. The van der Waals surface area contributed by atoms with Gasteiger partial charge in [-0.1, -0.05) is 39.0 Å². The first kappa shape index (κ1) is 20.8. The number of benzene rings is 1. The summed E-state index contributed by atoms with van der Waals surface area (Å²) >= 11 is 0. The van der Waals surface area contributed by atoms with Gasteiger partial charge in [0.2, 0.25) is 0 Å². The number of nitrogens with zero attached hydrogens (tertiary/aromatic N) is 2. The van der Waals surface area contributed by atoms with Gasteiger partial charge in [0.1, 0.15) is 5.75 Å². The third-order valence-corrected chi connectivity index (χ3v) is 7.86. The lowest BCUT2D eigenvalue weighted by Gasteiger charge is -2.07. The van der Waals surface area contributed by atoms with Crippen molar-refractivity contribution < 1.29 is 13.5 Å². The lowest BCUT2D eigenvalue weighted by Crippen LogP contribution is -2.04. The molecule has 0 unspecified atom stereocenters. The smallest absolute Gasteiger partial charge is 0.255 e. The van der Waals surface area contributed by atoms with E-state index >= 15 is 0 Å². The Morgan fingerprint density at radius 2 is 1.65 bits per heavy atom. The summed E-state index contributed by atoms with van der Waals surface area (Å²) in [5.41, 5.74) is 1.41. The molecule has 5 rings (SSSR count). The van der Waals surface area contributed by atoms with Gasteiger partial charge in [0.05, 0.1) is 6.61 Å². The van der Waals surface area contributed by atoms with E-state index in [1.54, 1.807) is 0 Å². The van der Waals surface area contributed by atoms with Gasteiger partial charge >= 0.3 is 0 Å². The number of hydrogen-bond donors (Lipinski definition) is 0. The Kier molecular flexibility index (Phi) is 5.26. The molecule has 0 radical (unpaired) electrons. The van der Waals surface area contributed by atoms with Gasteiger partial charge in [0.25, 0.3) is 5.92 Å². The molecule has 3 fully saturated rings. The normalized spacial score (nSPS) is 29.3. The molecule has 1 aromatic carbocycles. The average molecular weight is 427 g/mol. The highest BCUT2D eigenvalue weighted by Gasteiger charge is 2.96. The number of aromatic nitrogens is 2. The minimum atomic E-state index is -2.41. The second kappa shape index (κ2) is 7.83. The first-order chi connectivity index (χ1) is 15.0. The van der Waals surface area contributed by atoms with Crippen molar-refractivity contribution in [3.05, 3.63) is 42.2 Å². The molecule has 3 nitrogen and oxygen atoms in total. The van der Waals surface area contributed by atoms with Crippen molar-refractivity contribution in [2.75, 3.05) is 6.61 Å². The molecule has 3 atom stereocenters. The highest BCUT2D eigenvalue weighted by atomic mass is 19.3. The zero-order valence-corrected chi connectivity index (χ0v) is 18.4. The van der Waals surface area contributed by atoms with Crippen molar-refractivity contribution in [1.29, 1.82) is 0 Å². The third-order valence-electron chi connectivity index (χ3n) is 7.86. The van der Waals surface area contributed by atoms with Gasteiger partial charge in [-0.2, -0.15) is 0 Å². The Morgan fingerprint density at radius 3 is 2.29 bits per heavy atom. The summed E-state index contributed by atoms with van der Waals surface area (Å²) in [5, 5.41) is 0. The van der Waals surface area contributed by atoms with E-state index < -0.39 is 11.3 Å². The fraction of sp³-hybridized carbons (Fsp3) is 0.615. The first-order valence-electron chi connectivity index (χ1n) is 11.9. The molecule has 1 heterocycles. The van der Waals surface area contributed by atoms with Crippen molar-refractivity contribution in [1.82, 2.24) is 9.97 Å². The standard InChI is InChI=1S/C26H32F2N2O/c1-2-3-4-5-6-7-8-19-14-29-23(30-15-19)20-9-11-22(12-10-20)31-16-21-13-24(21)17-25(24)18-26(25,27)28/h9-12,14-15,21H,2-8,13,16-18H2,1H3/t21-,24-,25-/m1/s1. The molecule has 166 valence electrons. The number of hydrogen-bond acceptors (Lipinski definition) is 3. The van der Waals surface area contributed by atoms with Crippen LogP contribution in [0.4, 0.5) is 8.78 Å². The molecular formula is C26H32F2N2O. The summed E-state index contributed by atoms with van der Waals surface area (Å²) in [6.45, 7) is 2.78. The van der Waals surface area contributed by atoms with Crippen molar-refractivity contribution in [3.63, 3.8) is 0 Å². The van der Waals surface area contributed by atoms with Gasteiger partial charge in [-0.3, -0.25) is 0 Å². The van der Waals surface area contributed by atoms with Crippen molar-refractivity contribution in [3.8, 4) is 17.1 Å². The van der Waals surface area contributed by atoms with Gasteiger partial charge in [-0.05, 0) is 66.8 Å². The Labute approximate surface area is 183 Å². The van der Waals surface area contributed by atoms with Crippen LogP contribution in [-0.2, 0) is 6.42 Å². The van der Waals surface area contributed by atoms with Crippen LogP contribution in [0.1, 0.15) is 70.3 Å². The molecule has 0 aliphatic heterocycles. The van der Waals surface area contributed by atoms with E-state index in [9.17, 15) is 8.78 Å². The number of halogens is 2. The summed E-state index contributed by atoms with van der Waals surface area (Å²) in [7, 11) is 0. The van der Waals surface area contributed by atoms with Gasteiger partial charge in [0, 0.05) is 29.8 Å². The largest absolute Gasteiger partial charge is 0.493 e. The second-order valence-corrected chi connectivity index (χ2v) is 9.97. The van der Waals surface area contributed by atoms with E-state index in [4.69, 9.17) is 4.74 Å². The van der Waals surface area contributed by atoms with Gasteiger partial charge in [0.15, 0.2) is 5.82 Å². The lowest BCUT2D eigenvalue weighted by atomic mass is 10.1. The van der Waals surface area contributed by atoms with E-state index in [-0.39, 0.29) is 11.8 Å². The highest BCUT2D eigenvalue weighted by Crippen LogP contribution is 2.95. The Balaban J connectivity index is 1.07. The van der Waals surface area contributed by atoms with Gasteiger partial charge < -0.3 is 4.74 Å². The number of aryl methyl sites for hydroxylation is 1. The quantitative estimate of drug-likeness (QED) is 0.368. The molecule has 3 aliphatic carbocycles. The number of unbranched alkanes of at least 4 members (excludes halogenated alkanes) is 5. The summed E-state index contributed by atoms with van der Waals surface area (Å²) in [6, 6.07) is 7.78. The van der Waals surface area contributed by atoms with Crippen LogP contribution in [0.5, 0.6) is 5.75 Å². The molecule has 3 aliphatic rings. The van der Waals surface area contributed by atoms with E-state index in [0.29, 0.717) is 18.9 Å². The molecule has 0 saturated heterocycles. The Hall–Kier alpha value is -2.04. The maximum absolute atomic E-state index is 13.5. The predicted octanol–water partition coefficient (Wildman–Crippen LogP) is 6.86. The summed E-state index contributed by atoms with van der Waals surface area (Å²) in [4.78, 5) is 9.06. The molecule has 0 N–H and O–H groups in total. The highest BCUT2D eigenvalue weighted by molar-refractivity contribution is 5.56. The number of fused-ring (bicyclic) bond motifs is 1. The molecule has 3 saturated carbocycles. The third kappa shape index (κ3) is 3.85. The van der Waals surface area contributed by atoms with Crippen molar-refractivity contribution >= 4 is 0 Å². The molecule has 2 spiro atoms. The zero-order valence-electron chi connectivity index (χ0n) is 18.4. The van der Waals surface area contributed by atoms with Crippen molar-refractivity contribution in [2.24, 2.45) is 16.7 Å². The topological polar surface area (TPSA) is 35.0 Å². The van der Waals surface area contributed by atoms with Crippen LogP contribution in [-0.4, -0.2) is 22.5 Å². The second-order valence-electron chi connectivity index (χ2n) is 9.97. The molecule has 0 bridgehead atoms. The molecular weight excluding hydrogens is 394 g/mol. The fourth-order valence-electron chi connectivity index (χ4n) is 5.60. The lowest BCUT2D eigenvalue weighted by molar-refractivity contribution is 0.0866. The number of ether oxygens (including phenoxy) is 1. The number of rotatable bonds is 11. The monoisotopic (exact) mass is 426 g/mol. The summed E-state index contributed by atoms with van der Waals surface area (Å²) in [5.74, 6) is -0.616. The summed E-state index contributed by atoms with van der Waals surface area (Å²) < 4.78 is 33.0. The van der Waals surface area contributed by atoms with E-state index in [0.717, 1.165) is 30.0 Å². The summed E-state index contributed by atoms with van der Waals surface area (Å²) in [6.07, 6.45) is 14.3. The van der Waals surface area contributed by atoms with Crippen LogP contribution < -0.4 is 4.74 Å². The van der Waals surface area contributed by atoms with E-state index in [2.05, 4.69) is 16.9 Å². The minimum Gasteiger partial charge on any atom is -0.493 e. The molecule has 5 heteroatoms. The van der Waals surface area contributed by atoms with Gasteiger partial charge in [-0.15, -0.1) is 0 Å². The zero-order chi connectivity index (χ0) is 21.5. The SMILES string of the molecule is CCCCCCCCc1cnc(-c2ccc(OC[C@H]3C[C@@]34C[C@@]43CC3(F)F)cc2)nc1. The molecule has 2 aromatic rings. The van der Waals surface area contributed by atoms with Crippen LogP contribution in [0.25, 0.3) is 11.4 Å². The Morgan fingerprint density at radius 1 is 0.968 bits per heavy atom. The van der Waals surface area contributed by atoms with Gasteiger partial charge in [-0.25, -0.2) is 18.7 Å². The average Bonchev–Trinajstić information content (AvgIpc) is 3.71.